The molecule has 0 heterocycles. The Balaban J connectivity index is 3.14. The molecule has 0 bridgehead atoms. The summed E-state index contributed by atoms with van der Waals surface area (Å²) in [6, 6.07) is 0. The fraction of sp³-hybridized carbons (Fsp3) is 1.00. The molecular formula is C10H24NO3S2+. The molecule has 0 aromatic carbocycles. The van der Waals surface area contributed by atoms with Gasteiger partial charge in [0.2, 0.25) is 0 Å². The van der Waals surface area contributed by atoms with Crippen LogP contribution in [0.15, 0.2) is 0 Å². The average Bonchev–Trinajstić information content (AvgIpc) is 2.19. The largest absolute Gasteiger partial charge is 0.430 e. The Morgan fingerprint density at radius 3 is 1.75 bits per heavy atom. The van der Waals surface area contributed by atoms with Gasteiger partial charge in [-0.15, -0.1) is 0 Å². The van der Waals surface area contributed by atoms with Crippen LogP contribution in [0.4, 0.5) is 0 Å². The van der Waals surface area contributed by atoms with Crippen molar-refractivity contribution in [1.82, 2.24) is 0 Å². The Morgan fingerprint density at radius 1 is 0.875 bits per heavy atom. The minimum atomic E-state index is -3.58. The molecule has 0 spiro atoms. The fourth-order valence-corrected chi connectivity index (χ4v) is 3.02. The topological polar surface area (TPSA) is 83.6 Å². The van der Waals surface area contributed by atoms with Gasteiger partial charge in [0, 0.05) is 6.42 Å². The molecule has 0 aromatic heterocycles. The molecule has 0 amide bonds. The zero-order valence-corrected chi connectivity index (χ0v) is 11.4. The van der Waals surface area contributed by atoms with Crippen LogP contribution in [0.25, 0.3) is 0 Å². The summed E-state index contributed by atoms with van der Waals surface area (Å²) < 4.78 is 27.6. The number of hydrogen-bond donors (Lipinski definition) is 3. The molecule has 0 rings (SSSR count). The van der Waals surface area contributed by atoms with Crippen LogP contribution < -0.4 is 5.73 Å². The Morgan fingerprint density at radius 2 is 1.31 bits per heavy atom. The monoisotopic (exact) mass is 270 g/mol. The lowest BCUT2D eigenvalue weighted by atomic mass is 10.1. The van der Waals surface area contributed by atoms with Gasteiger partial charge >= 0.3 is 9.05 Å². The summed E-state index contributed by atoms with van der Waals surface area (Å²) in [5.41, 5.74) is 5.39. The van der Waals surface area contributed by atoms with Crippen molar-refractivity contribution in [1.29, 1.82) is 0 Å². The molecule has 0 saturated carbocycles. The summed E-state index contributed by atoms with van der Waals surface area (Å²) in [4.78, 5) is 0. The smallest absolute Gasteiger partial charge is 0.330 e. The van der Waals surface area contributed by atoms with Gasteiger partial charge in [0.05, 0.1) is 0 Å². The SMILES string of the molecule is NCCCCCCCCCC[S+]=S(=O)(O)O. The average molecular weight is 270 g/mol. The van der Waals surface area contributed by atoms with Crippen LogP contribution in [0, 0.1) is 0 Å². The van der Waals surface area contributed by atoms with Crippen molar-refractivity contribution < 1.29 is 13.3 Å². The highest BCUT2D eigenvalue weighted by Crippen LogP contribution is 2.08. The van der Waals surface area contributed by atoms with Crippen LogP contribution >= 0.6 is 0 Å². The molecule has 16 heavy (non-hydrogen) atoms. The van der Waals surface area contributed by atoms with E-state index in [0.29, 0.717) is 5.75 Å². The van der Waals surface area contributed by atoms with Crippen LogP contribution in [0.5, 0.6) is 0 Å². The lowest BCUT2D eigenvalue weighted by Crippen LogP contribution is -1.98. The van der Waals surface area contributed by atoms with Gasteiger partial charge in [0.15, 0.2) is 5.75 Å². The van der Waals surface area contributed by atoms with E-state index in [0.717, 1.165) is 36.1 Å². The molecule has 0 atom stereocenters. The molecule has 0 aromatic rings. The second-order valence-electron chi connectivity index (χ2n) is 3.89. The summed E-state index contributed by atoms with van der Waals surface area (Å²) >= 11 is 0. The van der Waals surface area contributed by atoms with Crippen LogP contribution in [0.1, 0.15) is 51.4 Å². The third-order valence-electron chi connectivity index (χ3n) is 2.34. The third-order valence-corrected chi connectivity index (χ3v) is 4.52. The summed E-state index contributed by atoms with van der Waals surface area (Å²) in [6.45, 7) is 0.790. The standard InChI is InChI=1S/C10H23NO3S2/c11-9-7-5-3-1-2-4-6-8-10-15-16(12,13)14/h1-11H2,(H-,12,13,14)/p+1. The van der Waals surface area contributed by atoms with Gasteiger partial charge in [-0.05, 0) is 19.4 Å². The summed E-state index contributed by atoms with van der Waals surface area (Å²) in [6.07, 6.45) is 9.22. The van der Waals surface area contributed by atoms with E-state index in [1.54, 1.807) is 0 Å². The third kappa shape index (κ3) is 14.2. The van der Waals surface area contributed by atoms with Gasteiger partial charge in [-0.3, -0.25) is 9.11 Å². The highest BCUT2D eigenvalue weighted by Gasteiger charge is 2.08. The Bertz CT molecular complexity index is 255. The van der Waals surface area contributed by atoms with E-state index in [9.17, 15) is 4.21 Å². The summed E-state index contributed by atoms with van der Waals surface area (Å²) in [5.74, 6) is 0.555. The maximum Gasteiger partial charge on any atom is 0.430 e. The first-order valence-electron chi connectivity index (χ1n) is 5.90. The number of nitrogens with two attached hydrogens (primary N) is 1. The quantitative estimate of drug-likeness (QED) is 0.420. The molecule has 0 unspecified atom stereocenters. The Kier molecular flexibility index (Phi) is 10.6. The van der Waals surface area contributed by atoms with E-state index in [2.05, 4.69) is 0 Å². The summed E-state index contributed by atoms with van der Waals surface area (Å²) in [7, 11) is -2.84. The molecule has 0 fully saturated rings. The van der Waals surface area contributed by atoms with Crippen molar-refractivity contribution in [2.24, 2.45) is 5.73 Å². The molecule has 0 radical (unpaired) electrons. The van der Waals surface area contributed by atoms with E-state index in [-0.39, 0.29) is 0 Å². The second-order valence-corrected chi connectivity index (χ2v) is 7.44. The zero-order valence-electron chi connectivity index (χ0n) is 9.77. The Hall–Kier alpha value is 0.250. The van der Waals surface area contributed by atoms with Crippen molar-refractivity contribution in [3.05, 3.63) is 0 Å². The van der Waals surface area contributed by atoms with Crippen molar-refractivity contribution >= 4 is 19.4 Å². The van der Waals surface area contributed by atoms with E-state index in [1.165, 1.54) is 32.1 Å². The zero-order chi connectivity index (χ0) is 12.3. The van der Waals surface area contributed by atoms with E-state index >= 15 is 0 Å². The van der Waals surface area contributed by atoms with Crippen molar-refractivity contribution in [3.8, 4) is 0 Å². The van der Waals surface area contributed by atoms with Gasteiger partial charge < -0.3 is 5.73 Å². The number of hydrogen-bond acceptors (Lipinski definition) is 2. The highest BCUT2D eigenvalue weighted by molar-refractivity contribution is 8.34. The van der Waals surface area contributed by atoms with E-state index < -0.39 is 9.05 Å². The fourth-order valence-electron chi connectivity index (χ4n) is 1.47. The molecule has 98 valence electrons. The van der Waals surface area contributed by atoms with Crippen molar-refractivity contribution in [3.63, 3.8) is 0 Å². The van der Waals surface area contributed by atoms with Gasteiger partial charge in [0.25, 0.3) is 10.3 Å². The van der Waals surface area contributed by atoms with Crippen molar-refractivity contribution in [2.75, 3.05) is 12.3 Å². The lowest BCUT2D eigenvalue weighted by molar-refractivity contribution is 0.450. The number of unbranched alkanes of at least 4 members (excludes halogenated alkanes) is 7. The van der Waals surface area contributed by atoms with Crippen LogP contribution in [0.2, 0.25) is 0 Å². The van der Waals surface area contributed by atoms with Gasteiger partial charge in [0.1, 0.15) is 0 Å². The molecule has 4 nitrogen and oxygen atoms in total. The number of rotatable bonds is 10. The first kappa shape index (κ1) is 16.2. The minimum absolute atomic E-state index is 0.555. The predicted molar refractivity (Wildman–Crippen MR) is 71.6 cm³/mol. The molecule has 0 aliphatic carbocycles. The molecule has 0 saturated heterocycles. The predicted octanol–water partition coefficient (Wildman–Crippen LogP) is 2.29. The normalized spacial score (nSPS) is 11.7. The van der Waals surface area contributed by atoms with Crippen LogP contribution in [0.3, 0.4) is 0 Å². The van der Waals surface area contributed by atoms with Crippen molar-refractivity contribution in [2.45, 2.75) is 51.4 Å². The van der Waals surface area contributed by atoms with Gasteiger partial charge in [-0.25, -0.2) is 0 Å². The first-order chi connectivity index (χ1) is 7.56. The summed E-state index contributed by atoms with van der Waals surface area (Å²) in [5, 5.41) is 0. The molecule has 6 heteroatoms. The molecule has 0 aliphatic heterocycles. The maximum absolute atomic E-state index is 10.5. The van der Waals surface area contributed by atoms with Gasteiger partial charge in [-0.1, -0.05) is 32.1 Å². The van der Waals surface area contributed by atoms with Crippen LogP contribution in [-0.2, 0) is 19.4 Å². The van der Waals surface area contributed by atoms with Gasteiger partial charge in [-0.2, -0.15) is 4.21 Å². The molecule has 0 aliphatic rings. The maximum atomic E-state index is 10.5. The minimum Gasteiger partial charge on any atom is -0.330 e. The molecular weight excluding hydrogens is 246 g/mol. The van der Waals surface area contributed by atoms with E-state index in [1.807, 2.05) is 0 Å². The second kappa shape index (κ2) is 10.4. The first-order valence-corrected chi connectivity index (χ1v) is 8.87. The lowest BCUT2D eigenvalue weighted by Gasteiger charge is -1.99. The van der Waals surface area contributed by atoms with E-state index in [4.69, 9.17) is 14.8 Å². The highest BCUT2D eigenvalue weighted by atomic mass is 32.9. The Labute approximate surface area is 102 Å². The van der Waals surface area contributed by atoms with Crippen LogP contribution in [-0.4, -0.2) is 25.6 Å². The molecule has 4 N–H and O–H groups in total.